The van der Waals surface area contributed by atoms with E-state index in [1.165, 1.54) is 0 Å². The van der Waals surface area contributed by atoms with Crippen molar-refractivity contribution in [2.75, 3.05) is 0 Å². The molecular weight excluding hydrogens is 287 g/mol. The van der Waals surface area contributed by atoms with Crippen LogP contribution in [-0.2, 0) is 0 Å². The van der Waals surface area contributed by atoms with E-state index in [1.54, 1.807) is 20.8 Å². The smallest absolute Gasteiger partial charge is 0.0941 e. The summed E-state index contributed by atoms with van der Waals surface area (Å²) < 4.78 is 60.7. The van der Waals surface area contributed by atoms with Crippen LogP contribution in [0.15, 0.2) is 10.1 Å². The van der Waals surface area contributed by atoms with Crippen molar-refractivity contribution < 1.29 is 19.4 Å². The zero-order valence-corrected chi connectivity index (χ0v) is 11.9. The molecule has 0 nitrogen and oxygen atoms in total. The summed E-state index contributed by atoms with van der Waals surface area (Å²) >= 11 is 5.52. The molecule has 0 atom stereocenters. The first-order valence-electron chi connectivity index (χ1n) is 4.92. The highest BCUT2D eigenvalue weighted by molar-refractivity contribution is 8.48. The number of hydrogen-bond donors (Lipinski definition) is 0. The van der Waals surface area contributed by atoms with E-state index in [9.17, 15) is 19.4 Å². The molecule has 0 aromatic rings. The van der Waals surface area contributed by atoms with E-state index in [0.717, 1.165) is 0 Å². The summed E-state index contributed by atoms with van der Waals surface area (Å²) in [4.78, 5) is 0. The molecule has 0 aliphatic carbocycles. The molecule has 0 saturated carbocycles. The van der Waals surface area contributed by atoms with Gasteiger partial charge in [-0.25, -0.2) is 0 Å². The Bertz CT molecular complexity index is 283. The number of halogens is 6. The van der Waals surface area contributed by atoms with Gasteiger partial charge in [-0.15, -0.1) is 0 Å². The number of rotatable bonds is 5. The van der Waals surface area contributed by atoms with Gasteiger partial charge in [0, 0.05) is 4.66 Å². The molecule has 0 aliphatic rings. The van der Waals surface area contributed by atoms with Gasteiger partial charge in [0.05, 0.1) is 5.41 Å². The van der Waals surface area contributed by atoms with Crippen molar-refractivity contribution in [2.24, 2.45) is 0 Å². The Morgan fingerprint density at radius 2 is 1.31 bits per heavy atom. The van der Waals surface area contributed by atoms with E-state index in [0.29, 0.717) is 18.1 Å². The topological polar surface area (TPSA) is 0 Å². The van der Waals surface area contributed by atoms with E-state index >= 15 is 0 Å². The van der Waals surface area contributed by atoms with Gasteiger partial charge in [0.25, 0.3) is 0 Å². The van der Waals surface area contributed by atoms with Crippen molar-refractivity contribution in [1.29, 1.82) is 0 Å². The van der Waals surface area contributed by atoms with Crippen LogP contribution in [0.25, 0.3) is 0 Å². The van der Waals surface area contributed by atoms with Gasteiger partial charge >= 0.3 is 10.2 Å². The quantitative estimate of drug-likeness (QED) is 0.406. The minimum atomic E-state index is -9.54. The predicted molar refractivity (Wildman–Crippen MR) is 64.3 cm³/mol. The van der Waals surface area contributed by atoms with Gasteiger partial charge in [-0.3, -0.25) is 0 Å². The maximum atomic E-state index is 12.3. The first-order chi connectivity index (χ1) is 6.79. The molecular formula is C8H16ClF5SSi. The Kier molecular flexibility index (Phi) is 3.94. The Morgan fingerprint density at radius 1 is 1.00 bits per heavy atom. The molecule has 0 spiro atoms. The van der Waals surface area contributed by atoms with Crippen LogP contribution in [0.2, 0.25) is 18.1 Å². The van der Waals surface area contributed by atoms with E-state index < -0.39 is 28.4 Å². The van der Waals surface area contributed by atoms with Gasteiger partial charge in [0.15, 0.2) is 0 Å². The van der Waals surface area contributed by atoms with E-state index in [2.05, 4.69) is 0 Å². The highest BCUT2D eigenvalue weighted by Crippen LogP contribution is 2.99. The Labute approximate surface area is 98.6 Å². The van der Waals surface area contributed by atoms with Gasteiger partial charge in [-0.1, -0.05) is 69.9 Å². The molecule has 0 aromatic carbocycles. The van der Waals surface area contributed by atoms with Crippen LogP contribution in [0.3, 0.4) is 0 Å². The van der Waals surface area contributed by atoms with Crippen molar-refractivity contribution in [3.8, 4) is 0 Å². The molecule has 0 unspecified atom stereocenters. The summed E-state index contributed by atoms with van der Waals surface area (Å²) in [6, 6.07) is 1.30. The van der Waals surface area contributed by atoms with Crippen LogP contribution in [0, 0.1) is 0 Å². The minimum Gasteiger partial charge on any atom is -0.0941 e. The SMILES string of the molecule is CC[Si](CC)(CC)/C(Cl)=C\S(F)(F)(F)(F)F. The Morgan fingerprint density at radius 3 is 1.50 bits per heavy atom. The second-order valence-electron chi connectivity index (χ2n) is 3.84. The first kappa shape index (κ1) is 16.2. The fraction of sp³-hybridized carbons (Fsp3) is 0.750. The van der Waals surface area contributed by atoms with E-state index in [1.807, 2.05) is 0 Å². The molecule has 0 aromatic heterocycles. The monoisotopic (exact) mass is 302 g/mol. The summed E-state index contributed by atoms with van der Waals surface area (Å²) in [5.41, 5.74) is 0. The van der Waals surface area contributed by atoms with Gasteiger partial charge in [-0.05, 0) is 0 Å². The van der Waals surface area contributed by atoms with Gasteiger partial charge in [0.1, 0.15) is 8.07 Å². The highest BCUT2D eigenvalue weighted by atomic mass is 35.5. The van der Waals surface area contributed by atoms with Crippen LogP contribution in [-0.4, -0.2) is 8.07 Å². The van der Waals surface area contributed by atoms with Crippen molar-refractivity contribution in [1.82, 2.24) is 0 Å². The zero-order valence-electron chi connectivity index (χ0n) is 9.37. The van der Waals surface area contributed by atoms with Crippen LogP contribution in [0.1, 0.15) is 20.8 Å². The van der Waals surface area contributed by atoms with Gasteiger partial charge in [-0.2, -0.15) is 0 Å². The molecule has 16 heavy (non-hydrogen) atoms. The average Bonchev–Trinajstić information content (AvgIpc) is 2.02. The standard InChI is InChI=1S/C8H16ClF5SSi/c1-4-16(5-2,6-3)8(9)7-15(10,11,12,13)14/h7H,4-6H2,1-3H3/b8-7-. The van der Waals surface area contributed by atoms with Gasteiger partial charge < -0.3 is 0 Å². The van der Waals surface area contributed by atoms with Crippen LogP contribution < -0.4 is 0 Å². The lowest BCUT2D eigenvalue weighted by atomic mass is 10.9. The summed E-state index contributed by atoms with van der Waals surface area (Å²) in [5.74, 6) is 0. The lowest BCUT2D eigenvalue weighted by molar-refractivity contribution is 0.384. The third-order valence-electron chi connectivity index (χ3n) is 2.86. The molecule has 0 saturated heterocycles. The maximum absolute atomic E-state index is 12.3. The second-order valence-corrected chi connectivity index (χ2v) is 12.1. The molecule has 0 bridgehead atoms. The second kappa shape index (κ2) is 3.88. The molecule has 100 valence electrons. The average molecular weight is 303 g/mol. The Balaban J connectivity index is 5.53. The van der Waals surface area contributed by atoms with Crippen molar-refractivity contribution in [3.63, 3.8) is 0 Å². The largest absolute Gasteiger partial charge is 0.305 e. The molecule has 0 radical (unpaired) electrons. The lowest BCUT2D eigenvalue weighted by Gasteiger charge is -2.39. The van der Waals surface area contributed by atoms with Gasteiger partial charge in [0.2, 0.25) is 0 Å². The number of hydrogen-bond acceptors (Lipinski definition) is 0. The first-order valence-corrected chi connectivity index (χ1v) is 9.93. The Hall–Kier alpha value is 0.247. The fourth-order valence-corrected chi connectivity index (χ4v) is 7.86. The van der Waals surface area contributed by atoms with E-state index in [-0.39, 0.29) is 0 Å². The van der Waals surface area contributed by atoms with Crippen LogP contribution in [0.4, 0.5) is 19.4 Å². The predicted octanol–water partition coefficient (Wildman–Crippen LogP) is 6.41. The lowest BCUT2D eigenvalue weighted by Crippen LogP contribution is -2.33. The molecule has 0 amide bonds. The third-order valence-corrected chi connectivity index (χ3v) is 10.4. The van der Waals surface area contributed by atoms with Crippen molar-refractivity contribution >= 4 is 29.9 Å². The highest BCUT2D eigenvalue weighted by Gasteiger charge is 2.62. The maximum Gasteiger partial charge on any atom is 0.305 e. The summed E-state index contributed by atoms with van der Waals surface area (Å²) in [5, 5.41) is -0.899. The molecule has 0 heterocycles. The zero-order chi connectivity index (χ0) is 13.3. The summed E-state index contributed by atoms with van der Waals surface area (Å²) in [6.45, 7) is 5.09. The fourth-order valence-electron chi connectivity index (χ4n) is 1.58. The van der Waals surface area contributed by atoms with Crippen LogP contribution >= 0.6 is 21.8 Å². The van der Waals surface area contributed by atoms with Crippen LogP contribution in [0.5, 0.6) is 0 Å². The normalized spacial score (nSPS) is 19.2. The molecule has 0 rings (SSSR count). The molecule has 0 aliphatic heterocycles. The summed E-state index contributed by atoms with van der Waals surface area (Å²) in [7, 11) is -12.1. The minimum absolute atomic E-state index is 0.434. The molecule has 0 fully saturated rings. The molecule has 8 heteroatoms. The van der Waals surface area contributed by atoms with Crippen molar-refractivity contribution in [3.05, 3.63) is 10.1 Å². The third kappa shape index (κ3) is 5.05. The van der Waals surface area contributed by atoms with Crippen molar-refractivity contribution in [2.45, 2.75) is 38.9 Å². The summed E-state index contributed by atoms with van der Waals surface area (Å²) in [6.07, 6.45) is 0. The molecule has 0 N–H and O–H groups in total. The van der Waals surface area contributed by atoms with E-state index in [4.69, 9.17) is 11.6 Å².